The first-order chi connectivity index (χ1) is 8.69. The molecule has 0 unspecified atom stereocenters. The van der Waals surface area contributed by atoms with Gasteiger partial charge in [-0.25, -0.2) is 4.79 Å². The molecule has 0 fully saturated rings. The van der Waals surface area contributed by atoms with E-state index in [4.69, 9.17) is 9.47 Å². The second-order valence-corrected chi connectivity index (χ2v) is 4.78. The van der Waals surface area contributed by atoms with Gasteiger partial charge in [-0.1, -0.05) is 0 Å². The summed E-state index contributed by atoms with van der Waals surface area (Å²) in [6.45, 7) is 4.62. The number of carbonyl (C=O) groups is 1. The van der Waals surface area contributed by atoms with Crippen LogP contribution in [0.15, 0.2) is 18.2 Å². The van der Waals surface area contributed by atoms with E-state index in [2.05, 4.69) is 0 Å². The van der Waals surface area contributed by atoms with Crippen molar-refractivity contribution in [1.82, 2.24) is 0 Å². The summed E-state index contributed by atoms with van der Waals surface area (Å²) in [5, 5.41) is 20.0. The molecule has 0 heterocycles. The number of rotatable bonds is 4. The summed E-state index contributed by atoms with van der Waals surface area (Å²) in [5.74, 6) is -1.02. The minimum Gasteiger partial charge on any atom is -0.508 e. The number of phenolic OH excluding ortho intramolecular Hbond substituents is 1. The molecule has 0 spiro atoms. The van der Waals surface area contributed by atoms with E-state index in [0.717, 1.165) is 12.1 Å². The topological polar surface area (TPSA) is 98.9 Å². The van der Waals surface area contributed by atoms with Crippen LogP contribution in [0, 0.1) is 10.1 Å². The van der Waals surface area contributed by atoms with Crippen LogP contribution in [-0.4, -0.2) is 28.2 Å². The van der Waals surface area contributed by atoms with Gasteiger partial charge in [0.15, 0.2) is 6.61 Å². The van der Waals surface area contributed by atoms with Crippen LogP contribution in [0.1, 0.15) is 20.8 Å². The molecule has 0 atom stereocenters. The lowest BCUT2D eigenvalue weighted by molar-refractivity contribution is -0.385. The lowest BCUT2D eigenvalue weighted by atomic mass is 10.2. The molecule has 19 heavy (non-hydrogen) atoms. The van der Waals surface area contributed by atoms with Crippen LogP contribution in [0.2, 0.25) is 0 Å². The highest BCUT2D eigenvalue weighted by molar-refractivity contribution is 5.71. The van der Waals surface area contributed by atoms with Crippen molar-refractivity contribution in [3.63, 3.8) is 0 Å². The Kier molecular flexibility index (Phi) is 4.31. The molecular weight excluding hydrogens is 254 g/mol. The van der Waals surface area contributed by atoms with E-state index < -0.39 is 23.1 Å². The van der Waals surface area contributed by atoms with Crippen molar-refractivity contribution in [2.75, 3.05) is 6.61 Å². The van der Waals surface area contributed by atoms with Crippen LogP contribution in [0.25, 0.3) is 0 Å². The Morgan fingerprint density at radius 2 is 2.05 bits per heavy atom. The van der Waals surface area contributed by atoms with Crippen LogP contribution in [0.4, 0.5) is 5.69 Å². The lowest BCUT2D eigenvalue weighted by Gasteiger charge is -2.19. The first-order valence-electron chi connectivity index (χ1n) is 5.51. The van der Waals surface area contributed by atoms with Gasteiger partial charge in [-0.2, -0.15) is 0 Å². The van der Waals surface area contributed by atoms with Gasteiger partial charge in [0.25, 0.3) is 0 Å². The molecule has 0 saturated heterocycles. The molecule has 1 aromatic rings. The first kappa shape index (κ1) is 14.7. The predicted molar refractivity (Wildman–Crippen MR) is 66.1 cm³/mol. The Morgan fingerprint density at radius 3 is 2.58 bits per heavy atom. The molecule has 1 N–H and O–H groups in total. The van der Waals surface area contributed by atoms with E-state index in [1.807, 2.05) is 0 Å². The fraction of sp³-hybridized carbons (Fsp3) is 0.417. The summed E-state index contributed by atoms with van der Waals surface area (Å²) in [5.41, 5.74) is -0.994. The minimum absolute atomic E-state index is 0.184. The van der Waals surface area contributed by atoms with Gasteiger partial charge in [-0.15, -0.1) is 0 Å². The summed E-state index contributed by atoms with van der Waals surface area (Å²) >= 11 is 0. The maximum Gasteiger partial charge on any atom is 0.344 e. The van der Waals surface area contributed by atoms with E-state index in [9.17, 15) is 20.0 Å². The summed E-state index contributed by atoms with van der Waals surface area (Å²) in [7, 11) is 0. The number of nitro groups is 1. The first-order valence-corrected chi connectivity index (χ1v) is 5.51. The van der Waals surface area contributed by atoms with Crippen LogP contribution in [0.5, 0.6) is 11.5 Å². The molecule has 1 aromatic carbocycles. The maximum atomic E-state index is 11.4. The van der Waals surface area contributed by atoms with Gasteiger partial charge in [-0.3, -0.25) is 10.1 Å². The third-order valence-electron chi connectivity index (χ3n) is 1.91. The average molecular weight is 269 g/mol. The summed E-state index contributed by atoms with van der Waals surface area (Å²) in [4.78, 5) is 21.5. The highest BCUT2D eigenvalue weighted by Crippen LogP contribution is 2.30. The molecule has 0 aliphatic carbocycles. The molecule has 7 nitrogen and oxygen atoms in total. The van der Waals surface area contributed by atoms with Crippen molar-refractivity contribution in [3.8, 4) is 11.5 Å². The summed E-state index contributed by atoms with van der Waals surface area (Å²) in [6, 6.07) is 3.33. The second kappa shape index (κ2) is 5.55. The average Bonchev–Trinajstić information content (AvgIpc) is 2.23. The predicted octanol–water partition coefficient (Wildman–Crippen LogP) is 2.02. The molecule has 0 aromatic heterocycles. The van der Waals surface area contributed by atoms with Gasteiger partial charge in [0, 0.05) is 12.1 Å². The highest BCUT2D eigenvalue weighted by Gasteiger charge is 2.20. The molecule has 0 radical (unpaired) electrons. The van der Waals surface area contributed by atoms with Gasteiger partial charge in [-0.05, 0) is 26.8 Å². The Morgan fingerprint density at radius 1 is 1.42 bits per heavy atom. The largest absolute Gasteiger partial charge is 0.508 e. The summed E-state index contributed by atoms with van der Waals surface area (Å²) in [6.07, 6.45) is 0. The van der Waals surface area contributed by atoms with Gasteiger partial charge < -0.3 is 14.6 Å². The molecule has 0 saturated carbocycles. The van der Waals surface area contributed by atoms with E-state index in [-0.39, 0.29) is 17.2 Å². The third-order valence-corrected chi connectivity index (χ3v) is 1.91. The van der Waals surface area contributed by atoms with Gasteiger partial charge in [0.05, 0.1) is 4.92 Å². The Bertz CT molecular complexity index is 491. The van der Waals surface area contributed by atoms with Crippen LogP contribution >= 0.6 is 0 Å². The number of esters is 1. The van der Waals surface area contributed by atoms with Crippen molar-refractivity contribution in [3.05, 3.63) is 28.3 Å². The van der Waals surface area contributed by atoms with Crippen molar-refractivity contribution < 1.29 is 24.3 Å². The quantitative estimate of drug-likeness (QED) is 0.510. The second-order valence-electron chi connectivity index (χ2n) is 4.78. The molecule has 0 bridgehead atoms. The molecule has 0 aliphatic heterocycles. The van der Waals surface area contributed by atoms with Gasteiger partial charge in [0.2, 0.25) is 5.75 Å². The minimum atomic E-state index is -0.663. The van der Waals surface area contributed by atoms with E-state index >= 15 is 0 Å². The van der Waals surface area contributed by atoms with Crippen molar-refractivity contribution in [2.45, 2.75) is 26.4 Å². The smallest absolute Gasteiger partial charge is 0.344 e. The molecular formula is C12H15NO6. The van der Waals surface area contributed by atoms with Gasteiger partial charge >= 0.3 is 11.7 Å². The Hall–Kier alpha value is -2.31. The number of hydrogen-bond donors (Lipinski definition) is 1. The highest BCUT2D eigenvalue weighted by atomic mass is 16.6. The molecule has 0 amide bonds. The summed E-state index contributed by atoms with van der Waals surface area (Å²) < 4.78 is 10.0. The van der Waals surface area contributed by atoms with Crippen LogP contribution < -0.4 is 4.74 Å². The molecule has 0 aliphatic rings. The van der Waals surface area contributed by atoms with Crippen molar-refractivity contribution in [2.24, 2.45) is 0 Å². The maximum absolute atomic E-state index is 11.4. The fourth-order valence-corrected chi connectivity index (χ4v) is 1.28. The number of hydrogen-bond acceptors (Lipinski definition) is 6. The van der Waals surface area contributed by atoms with Crippen LogP contribution in [-0.2, 0) is 9.53 Å². The number of carbonyl (C=O) groups excluding carboxylic acids is 1. The standard InChI is InChI=1S/C12H15NO6/c1-12(2,3)19-11(15)7-18-10-6-8(14)4-5-9(10)13(16)17/h4-6,14H,7H2,1-3H3. The number of benzene rings is 1. The molecule has 1 rings (SSSR count). The van der Waals surface area contributed by atoms with Gasteiger partial charge in [0.1, 0.15) is 11.4 Å². The number of aromatic hydroxyl groups is 1. The van der Waals surface area contributed by atoms with E-state index in [1.54, 1.807) is 20.8 Å². The fourth-order valence-electron chi connectivity index (χ4n) is 1.28. The monoisotopic (exact) mass is 269 g/mol. The zero-order valence-electron chi connectivity index (χ0n) is 10.9. The van der Waals surface area contributed by atoms with Crippen LogP contribution in [0.3, 0.4) is 0 Å². The van der Waals surface area contributed by atoms with E-state index in [1.165, 1.54) is 6.07 Å². The number of nitrogens with zero attached hydrogens (tertiary/aromatic N) is 1. The molecule has 7 heteroatoms. The van der Waals surface area contributed by atoms with Crippen molar-refractivity contribution >= 4 is 11.7 Å². The number of ether oxygens (including phenoxy) is 2. The lowest BCUT2D eigenvalue weighted by Crippen LogP contribution is -2.27. The van der Waals surface area contributed by atoms with E-state index in [0.29, 0.717) is 0 Å². The molecule has 104 valence electrons. The number of phenols is 1. The Balaban J connectivity index is 2.75. The third kappa shape index (κ3) is 4.82. The zero-order valence-corrected chi connectivity index (χ0v) is 10.9. The zero-order chi connectivity index (χ0) is 14.6. The SMILES string of the molecule is CC(C)(C)OC(=O)COc1cc(O)ccc1[N+](=O)[O-]. The number of nitro benzene ring substituents is 1. The Labute approximate surface area is 109 Å². The normalized spacial score (nSPS) is 10.9. The van der Waals surface area contributed by atoms with Crippen molar-refractivity contribution in [1.29, 1.82) is 0 Å².